The maximum absolute atomic E-state index is 5.81. The average Bonchev–Trinajstić information content (AvgIpc) is 2.84. The molecule has 1 atom stereocenters. The Morgan fingerprint density at radius 2 is 2.12 bits per heavy atom. The summed E-state index contributed by atoms with van der Waals surface area (Å²) < 4.78 is 7.78. The topological polar surface area (TPSA) is 56.3 Å². The number of nitrogens with zero attached hydrogens (tertiary/aromatic N) is 3. The summed E-state index contributed by atoms with van der Waals surface area (Å²) in [6.07, 6.45) is 9.68. The summed E-state index contributed by atoms with van der Waals surface area (Å²) in [5.74, 6) is 1.01. The maximum Gasteiger partial charge on any atom is 0.159 e. The number of anilines is 1. The van der Waals surface area contributed by atoms with E-state index < -0.39 is 0 Å². The fourth-order valence-corrected chi connectivity index (χ4v) is 3.38. The number of fused-ring (bicyclic) bond motifs is 1. The minimum absolute atomic E-state index is 0.0687. The Kier molecular flexibility index (Phi) is 4.42. The minimum atomic E-state index is 0.0687. The number of rotatable bonds is 3. The first-order chi connectivity index (χ1) is 12.3. The quantitative estimate of drug-likeness (QED) is 0.903. The van der Waals surface area contributed by atoms with Crippen molar-refractivity contribution in [3.05, 3.63) is 52.5 Å². The van der Waals surface area contributed by atoms with E-state index in [1.807, 2.05) is 0 Å². The molecule has 2 aliphatic rings. The molecule has 2 aromatic rings. The summed E-state index contributed by atoms with van der Waals surface area (Å²) in [7, 11) is 0. The summed E-state index contributed by atoms with van der Waals surface area (Å²) in [4.78, 5) is 2.30. The lowest BCUT2D eigenvalue weighted by Crippen LogP contribution is -2.47. The monoisotopic (exact) mass is 336 g/mol. The third kappa shape index (κ3) is 3.13. The van der Waals surface area contributed by atoms with E-state index in [-0.39, 0.29) is 6.10 Å². The van der Waals surface area contributed by atoms with Crippen molar-refractivity contribution in [2.75, 3.05) is 31.1 Å². The molecule has 1 fully saturated rings. The molecule has 2 N–H and O–H groups in total. The third-order valence-corrected chi connectivity index (χ3v) is 4.77. The van der Waals surface area contributed by atoms with Crippen LogP contribution >= 0.6 is 0 Å². The molecule has 1 aliphatic heterocycles. The Hall–Kier alpha value is -2.37. The Labute approximate surface area is 147 Å². The van der Waals surface area contributed by atoms with Gasteiger partial charge in [-0.2, -0.15) is 0 Å². The van der Waals surface area contributed by atoms with Crippen molar-refractivity contribution in [2.24, 2.45) is 5.73 Å². The molecule has 4 rings (SSSR count). The molecule has 0 amide bonds. The zero-order valence-corrected chi connectivity index (χ0v) is 14.6. The van der Waals surface area contributed by atoms with E-state index in [0.29, 0.717) is 13.2 Å². The van der Waals surface area contributed by atoms with Crippen LogP contribution in [-0.4, -0.2) is 42.1 Å². The van der Waals surface area contributed by atoms with Gasteiger partial charge in [-0.15, -0.1) is 5.10 Å². The number of hydrogen-bond acceptors (Lipinski definition) is 4. The molecule has 1 aromatic carbocycles. The molecule has 5 nitrogen and oxygen atoms in total. The number of aryl methyl sites for hydroxylation is 1. The van der Waals surface area contributed by atoms with Gasteiger partial charge >= 0.3 is 0 Å². The van der Waals surface area contributed by atoms with Crippen LogP contribution in [0.15, 0.2) is 36.4 Å². The van der Waals surface area contributed by atoms with E-state index in [4.69, 9.17) is 15.6 Å². The Balaban J connectivity index is 1.84. The lowest BCUT2D eigenvalue weighted by molar-refractivity contribution is 0.0462. The Morgan fingerprint density at radius 1 is 1.28 bits per heavy atom. The number of hydrogen-bond donors (Lipinski definition) is 1. The number of morpholine rings is 1. The standard InChI is InChI=1S/C20H24N4O/c1-15-7-9-16(10-8-15)24-19-6-4-2-3-5-18(19)20(22-24)23-11-12-25-17(13-21)14-23/h2-3,5-10,17H,4,11-14,21H2,1H3. The van der Waals surface area contributed by atoms with Gasteiger partial charge in [0.15, 0.2) is 5.82 Å². The van der Waals surface area contributed by atoms with Gasteiger partial charge in [0.1, 0.15) is 0 Å². The largest absolute Gasteiger partial charge is 0.373 e. The predicted molar refractivity (Wildman–Crippen MR) is 101 cm³/mol. The van der Waals surface area contributed by atoms with Gasteiger partial charge in [0, 0.05) is 24.9 Å². The van der Waals surface area contributed by atoms with Crippen LogP contribution in [0.25, 0.3) is 17.8 Å². The summed E-state index contributed by atoms with van der Waals surface area (Å²) in [5.41, 5.74) is 8.15. The van der Waals surface area contributed by atoms with Gasteiger partial charge in [0.05, 0.1) is 23.7 Å². The van der Waals surface area contributed by atoms with Crippen LogP contribution in [0, 0.1) is 6.92 Å². The van der Waals surface area contributed by atoms with E-state index in [2.05, 4.69) is 65.1 Å². The van der Waals surface area contributed by atoms with Crippen molar-refractivity contribution >= 4 is 18.0 Å². The zero-order valence-electron chi connectivity index (χ0n) is 14.6. The number of allylic oxidation sites excluding steroid dienone is 2. The molecule has 1 unspecified atom stereocenters. The smallest absolute Gasteiger partial charge is 0.159 e. The van der Waals surface area contributed by atoms with Crippen molar-refractivity contribution in [3.63, 3.8) is 0 Å². The molecule has 1 aromatic heterocycles. The molecule has 1 aliphatic carbocycles. The van der Waals surface area contributed by atoms with Crippen LogP contribution in [0.4, 0.5) is 5.82 Å². The second-order valence-electron chi connectivity index (χ2n) is 6.58. The van der Waals surface area contributed by atoms with E-state index in [1.54, 1.807) is 0 Å². The molecule has 25 heavy (non-hydrogen) atoms. The van der Waals surface area contributed by atoms with Crippen molar-refractivity contribution < 1.29 is 4.74 Å². The second-order valence-corrected chi connectivity index (χ2v) is 6.58. The van der Waals surface area contributed by atoms with Crippen LogP contribution in [0.3, 0.4) is 0 Å². The molecule has 0 spiro atoms. The van der Waals surface area contributed by atoms with E-state index >= 15 is 0 Å². The fourth-order valence-electron chi connectivity index (χ4n) is 3.38. The lowest BCUT2D eigenvalue weighted by Gasteiger charge is -2.32. The van der Waals surface area contributed by atoms with Crippen LogP contribution in [-0.2, 0) is 4.74 Å². The van der Waals surface area contributed by atoms with Crippen LogP contribution in [0.2, 0.25) is 0 Å². The van der Waals surface area contributed by atoms with E-state index in [9.17, 15) is 0 Å². The molecule has 0 radical (unpaired) electrons. The summed E-state index contributed by atoms with van der Waals surface area (Å²) in [6, 6.07) is 8.50. The molecule has 0 saturated carbocycles. The van der Waals surface area contributed by atoms with Crippen LogP contribution in [0.5, 0.6) is 0 Å². The summed E-state index contributed by atoms with van der Waals surface area (Å²) in [5, 5.41) is 7.30. The van der Waals surface area contributed by atoms with Gasteiger partial charge < -0.3 is 15.4 Å². The number of ether oxygens (including phenoxy) is 1. The first-order valence-corrected chi connectivity index (χ1v) is 8.86. The second kappa shape index (κ2) is 6.86. The molecule has 2 heterocycles. The van der Waals surface area contributed by atoms with Gasteiger partial charge in [-0.1, -0.05) is 35.9 Å². The van der Waals surface area contributed by atoms with Crippen molar-refractivity contribution in [2.45, 2.75) is 19.4 Å². The van der Waals surface area contributed by atoms with Crippen molar-refractivity contribution in [3.8, 4) is 5.69 Å². The predicted octanol–water partition coefficient (Wildman–Crippen LogP) is 0.866. The fraction of sp³-hybridized carbons (Fsp3) is 0.350. The van der Waals surface area contributed by atoms with Crippen LogP contribution < -0.4 is 21.2 Å². The summed E-state index contributed by atoms with van der Waals surface area (Å²) in [6.45, 7) is 4.95. The Bertz CT molecular complexity index is 895. The van der Waals surface area contributed by atoms with Crippen molar-refractivity contribution in [1.29, 1.82) is 0 Å². The number of nitrogens with two attached hydrogens (primary N) is 1. The van der Waals surface area contributed by atoms with Gasteiger partial charge in [-0.3, -0.25) is 0 Å². The lowest BCUT2D eigenvalue weighted by atomic mass is 10.2. The first-order valence-electron chi connectivity index (χ1n) is 8.86. The SMILES string of the molecule is Cc1ccc(-n2nc(N3CCOC(CN)C3)c3c2=CCC=CC=3)cc1. The normalized spacial score (nSPS) is 19.8. The average molecular weight is 336 g/mol. The maximum atomic E-state index is 5.81. The van der Waals surface area contributed by atoms with Gasteiger partial charge in [0.2, 0.25) is 0 Å². The highest BCUT2D eigenvalue weighted by atomic mass is 16.5. The summed E-state index contributed by atoms with van der Waals surface area (Å²) >= 11 is 0. The van der Waals surface area contributed by atoms with Gasteiger partial charge in [-0.05, 0) is 31.6 Å². The van der Waals surface area contributed by atoms with Crippen LogP contribution in [0.1, 0.15) is 12.0 Å². The minimum Gasteiger partial charge on any atom is -0.373 e. The zero-order chi connectivity index (χ0) is 17.2. The number of aromatic nitrogens is 2. The number of benzene rings is 1. The molecule has 5 heteroatoms. The van der Waals surface area contributed by atoms with Gasteiger partial charge in [0.25, 0.3) is 0 Å². The highest BCUT2D eigenvalue weighted by Crippen LogP contribution is 2.13. The molecule has 1 saturated heterocycles. The first kappa shape index (κ1) is 16.1. The third-order valence-electron chi connectivity index (χ3n) is 4.77. The Morgan fingerprint density at radius 3 is 2.92 bits per heavy atom. The van der Waals surface area contributed by atoms with Crippen molar-refractivity contribution in [1.82, 2.24) is 9.78 Å². The molecular formula is C20H24N4O. The van der Waals surface area contributed by atoms with E-state index in [1.165, 1.54) is 10.8 Å². The molecular weight excluding hydrogens is 312 g/mol. The molecule has 130 valence electrons. The molecule has 0 bridgehead atoms. The van der Waals surface area contributed by atoms with E-state index in [0.717, 1.165) is 36.4 Å². The van der Waals surface area contributed by atoms with Gasteiger partial charge in [-0.25, -0.2) is 4.68 Å². The highest BCUT2D eigenvalue weighted by Gasteiger charge is 2.23. The highest BCUT2D eigenvalue weighted by molar-refractivity contribution is 5.55.